The highest BCUT2D eigenvalue weighted by Crippen LogP contribution is 2.23. The van der Waals surface area contributed by atoms with E-state index in [0.29, 0.717) is 25.2 Å². The summed E-state index contributed by atoms with van der Waals surface area (Å²) in [5, 5.41) is 11.1. The summed E-state index contributed by atoms with van der Waals surface area (Å²) in [5.74, 6) is 0. The third-order valence-electron chi connectivity index (χ3n) is 4.53. The first kappa shape index (κ1) is 19.7. The van der Waals surface area contributed by atoms with Gasteiger partial charge in [-0.2, -0.15) is 0 Å². The van der Waals surface area contributed by atoms with Gasteiger partial charge in [-0.15, -0.1) is 0 Å². The number of pyridine rings is 1. The largest absolute Gasteiger partial charge is 0.465 e. The molecule has 2 N–H and O–H groups in total. The Balaban J connectivity index is 1.96. The van der Waals surface area contributed by atoms with Gasteiger partial charge in [0.15, 0.2) is 5.65 Å². The lowest BCUT2D eigenvalue weighted by atomic mass is 9.97. The molecule has 0 aliphatic heterocycles. The molecule has 0 unspecified atom stereocenters. The molecule has 0 spiro atoms. The number of aryl methyl sites for hydroxylation is 1. The minimum Gasteiger partial charge on any atom is -0.465 e. The van der Waals surface area contributed by atoms with Crippen molar-refractivity contribution in [2.75, 3.05) is 6.54 Å². The summed E-state index contributed by atoms with van der Waals surface area (Å²) in [7, 11) is 1.74. The molecule has 148 valence electrons. The maximum atomic E-state index is 12.7. The van der Waals surface area contributed by atoms with E-state index in [-0.39, 0.29) is 11.1 Å². The molecule has 3 aromatic rings. The number of aromatic nitrogens is 3. The zero-order chi connectivity index (χ0) is 20.5. The number of imidazole rings is 1. The second-order valence-electron chi connectivity index (χ2n) is 8.21. The molecule has 0 aliphatic carbocycles. The molecule has 0 aliphatic rings. The number of nitrogens with zero attached hydrogens (tertiary/aromatic N) is 3. The predicted molar refractivity (Wildman–Crippen MR) is 110 cm³/mol. The molecule has 0 saturated carbocycles. The summed E-state index contributed by atoms with van der Waals surface area (Å²) in [5.41, 5.74) is 4.14. The molecular weight excluding hydrogens is 356 g/mol. The van der Waals surface area contributed by atoms with E-state index >= 15 is 0 Å². The molecule has 2 aromatic heterocycles. The zero-order valence-electron chi connectivity index (χ0n) is 16.7. The number of nitrogens with one attached hydrogen (secondary N) is 1. The summed E-state index contributed by atoms with van der Waals surface area (Å²) in [6, 6.07) is 11.7. The van der Waals surface area contributed by atoms with Crippen LogP contribution >= 0.6 is 0 Å². The molecule has 0 bridgehead atoms. The second kappa shape index (κ2) is 7.50. The van der Waals surface area contributed by atoms with Crippen molar-refractivity contribution >= 4 is 17.3 Å². The average Bonchev–Trinajstić information content (AvgIpc) is 2.85. The van der Waals surface area contributed by atoms with Crippen LogP contribution in [0.4, 0.5) is 4.79 Å². The first-order chi connectivity index (χ1) is 13.2. The van der Waals surface area contributed by atoms with Crippen molar-refractivity contribution < 1.29 is 9.90 Å². The Labute approximate surface area is 163 Å². The van der Waals surface area contributed by atoms with Crippen molar-refractivity contribution in [1.82, 2.24) is 19.4 Å². The predicted octanol–water partition coefficient (Wildman–Crippen LogP) is 3.26. The molecule has 0 atom stereocenters. The molecule has 1 aromatic carbocycles. The van der Waals surface area contributed by atoms with Crippen molar-refractivity contribution in [2.24, 2.45) is 12.5 Å². The van der Waals surface area contributed by atoms with E-state index in [1.807, 2.05) is 36.4 Å². The van der Waals surface area contributed by atoms with E-state index in [1.165, 1.54) is 0 Å². The van der Waals surface area contributed by atoms with Gasteiger partial charge in [-0.05, 0) is 35.6 Å². The lowest BCUT2D eigenvalue weighted by Gasteiger charge is -2.18. The summed E-state index contributed by atoms with van der Waals surface area (Å²) in [6.07, 6.45) is -0.424. The lowest BCUT2D eigenvalue weighted by molar-refractivity contribution is 0.194. The monoisotopic (exact) mass is 382 g/mol. The molecule has 3 rings (SSSR count). The summed E-state index contributed by atoms with van der Waals surface area (Å²) in [4.78, 5) is 28.0. The molecule has 0 radical (unpaired) electrons. The van der Waals surface area contributed by atoms with Gasteiger partial charge >= 0.3 is 11.8 Å². The van der Waals surface area contributed by atoms with Crippen LogP contribution in [0.5, 0.6) is 0 Å². The molecule has 1 amide bonds. The van der Waals surface area contributed by atoms with E-state index in [1.54, 1.807) is 16.2 Å². The Bertz CT molecular complexity index is 1070. The third kappa shape index (κ3) is 4.24. The molecule has 7 heteroatoms. The van der Waals surface area contributed by atoms with Gasteiger partial charge < -0.3 is 10.4 Å². The number of amides is 1. The average molecular weight is 382 g/mol. The van der Waals surface area contributed by atoms with Gasteiger partial charge in [-0.1, -0.05) is 39.0 Å². The Morgan fingerprint density at radius 1 is 1.21 bits per heavy atom. The topological polar surface area (TPSA) is 89.2 Å². The minimum absolute atomic E-state index is 0.0187. The van der Waals surface area contributed by atoms with E-state index < -0.39 is 6.09 Å². The first-order valence-electron chi connectivity index (χ1n) is 9.28. The van der Waals surface area contributed by atoms with Crippen LogP contribution in [0.1, 0.15) is 26.3 Å². The van der Waals surface area contributed by atoms with Crippen molar-refractivity contribution in [2.45, 2.75) is 33.7 Å². The number of hydrogen-bond acceptors (Lipinski definition) is 3. The standard InChI is InChI=1S/C21H26N4O3/c1-21(2,3)13-25-17-9-8-16(23-18(17)24(4)20(25)28)15-7-5-6-14(12-15)10-11-22-19(26)27/h5-9,12,22H,10-11,13H2,1-4H3,(H,26,27). The highest BCUT2D eigenvalue weighted by Gasteiger charge is 2.18. The number of benzene rings is 1. The van der Waals surface area contributed by atoms with Gasteiger partial charge in [0, 0.05) is 25.7 Å². The Morgan fingerprint density at radius 2 is 1.96 bits per heavy atom. The van der Waals surface area contributed by atoms with E-state index in [0.717, 1.165) is 22.3 Å². The van der Waals surface area contributed by atoms with Crippen molar-refractivity contribution in [3.63, 3.8) is 0 Å². The highest BCUT2D eigenvalue weighted by atomic mass is 16.4. The van der Waals surface area contributed by atoms with E-state index in [4.69, 9.17) is 10.1 Å². The van der Waals surface area contributed by atoms with Gasteiger partial charge in [0.2, 0.25) is 0 Å². The number of hydrogen-bond donors (Lipinski definition) is 2. The summed E-state index contributed by atoms with van der Waals surface area (Å²) >= 11 is 0. The van der Waals surface area contributed by atoms with Crippen LogP contribution in [-0.2, 0) is 20.0 Å². The van der Waals surface area contributed by atoms with Crippen LogP contribution in [0.2, 0.25) is 0 Å². The second-order valence-corrected chi connectivity index (χ2v) is 8.21. The fourth-order valence-electron chi connectivity index (χ4n) is 3.26. The van der Waals surface area contributed by atoms with Crippen molar-refractivity contribution in [3.8, 4) is 11.3 Å². The van der Waals surface area contributed by atoms with E-state index in [9.17, 15) is 9.59 Å². The zero-order valence-corrected chi connectivity index (χ0v) is 16.7. The third-order valence-corrected chi connectivity index (χ3v) is 4.53. The fourth-order valence-corrected chi connectivity index (χ4v) is 3.26. The van der Waals surface area contributed by atoms with Crippen LogP contribution in [-0.4, -0.2) is 31.9 Å². The van der Waals surface area contributed by atoms with Gasteiger partial charge in [-0.25, -0.2) is 14.6 Å². The first-order valence-corrected chi connectivity index (χ1v) is 9.28. The number of carbonyl (C=O) groups is 1. The molecule has 7 nitrogen and oxygen atoms in total. The van der Waals surface area contributed by atoms with Crippen LogP contribution in [0.3, 0.4) is 0 Å². The lowest BCUT2D eigenvalue weighted by Crippen LogP contribution is -2.27. The van der Waals surface area contributed by atoms with Crippen LogP contribution in [0.15, 0.2) is 41.2 Å². The maximum Gasteiger partial charge on any atom is 0.404 e. The summed E-state index contributed by atoms with van der Waals surface area (Å²) < 4.78 is 3.37. The molecule has 28 heavy (non-hydrogen) atoms. The minimum atomic E-state index is -1.02. The molecule has 0 saturated heterocycles. The quantitative estimate of drug-likeness (QED) is 0.709. The molecule has 2 heterocycles. The van der Waals surface area contributed by atoms with Gasteiger partial charge in [0.25, 0.3) is 0 Å². The number of fused-ring (bicyclic) bond motifs is 1. The van der Waals surface area contributed by atoms with Crippen LogP contribution < -0.4 is 11.0 Å². The van der Waals surface area contributed by atoms with Crippen LogP contribution in [0, 0.1) is 5.41 Å². The summed E-state index contributed by atoms with van der Waals surface area (Å²) in [6.45, 7) is 7.28. The Morgan fingerprint density at radius 3 is 2.64 bits per heavy atom. The number of rotatable bonds is 5. The highest BCUT2D eigenvalue weighted by molar-refractivity contribution is 5.76. The maximum absolute atomic E-state index is 12.7. The van der Waals surface area contributed by atoms with Crippen LogP contribution in [0.25, 0.3) is 22.4 Å². The van der Waals surface area contributed by atoms with Gasteiger partial charge in [0.05, 0.1) is 11.2 Å². The normalized spacial score (nSPS) is 11.7. The van der Waals surface area contributed by atoms with Gasteiger partial charge in [-0.3, -0.25) is 9.13 Å². The van der Waals surface area contributed by atoms with Crippen molar-refractivity contribution in [3.05, 3.63) is 52.4 Å². The molecule has 0 fully saturated rings. The number of carboxylic acid groups (broad SMARTS) is 1. The smallest absolute Gasteiger partial charge is 0.404 e. The van der Waals surface area contributed by atoms with E-state index in [2.05, 4.69) is 26.1 Å². The van der Waals surface area contributed by atoms with Gasteiger partial charge in [0.1, 0.15) is 0 Å². The molecular formula is C21H26N4O3. The fraction of sp³-hybridized carbons (Fsp3) is 0.381. The van der Waals surface area contributed by atoms with Crippen molar-refractivity contribution in [1.29, 1.82) is 0 Å². The Kier molecular flexibility index (Phi) is 5.27. The SMILES string of the molecule is Cn1c(=O)n(CC(C)(C)C)c2ccc(-c3cccc(CCNC(=O)O)c3)nc21. The Hall–Kier alpha value is -3.09.